The molecule has 20 heteroatoms. The second-order valence-electron chi connectivity index (χ2n) is 7.35. The molecule has 2 N–H and O–H groups in total. The summed E-state index contributed by atoms with van der Waals surface area (Å²) in [7, 11) is 0. The van der Waals surface area contributed by atoms with Crippen LogP contribution in [0.4, 0.5) is 79.0 Å². The number of hydrogen-bond acceptors (Lipinski definition) is 2. The summed E-state index contributed by atoms with van der Waals surface area (Å²) in [5, 5.41) is 16.7. The number of aliphatic hydroxyl groups is 2. The Hall–Kier alpha value is -1.34. The van der Waals surface area contributed by atoms with Crippen LogP contribution in [0.15, 0.2) is 0 Å². The van der Waals surface area contributed by atoms with Gasteiger partial charge in [-0.05, 0) is 0 Å². The zero-order chi connectivity index (χ0) is 26.0. The predicted octanol–water partition coefficient (Wildman–Crippen LogP) is 4.40. The van der Waals surface area contributed by atoms with Crippen LogP contribution in [0.25, 0.3) is 0 Å². The third kappa shape index (κ3) is 1.41. The molecule has 4 aliphatic rings. The molecular formula is C12H2F18O2. The zero-order valence-corrected chi connectivity index (χ0v) is 13.7. The largest absolute Gasteiger partial charge is 0.377 e. The van der Waals surface area contributed by atoms with Crippen LogP contribution < -0.4 is 0 Å². The van der Waals surface area contributed by atoms with Gasteiger partial charge in [0.25, 0.3) is 16.8 Å². The van der Waals surface area contributed by atoms with Gasteiger partial charge in [0.2, 0.25) is 0 Å². The van der Waals surface area contributed by atoms with Crippen LogP contribution in [0.5, 0.6) is 0 Å². The van der Waals surface area contributed by atoms with Gasteiger partial charge in [-0.2, -0.15) is 26.3 Å². The summed E-state index contributed by atoms with van der Waals surface area (Å²) in [6, 6.07) is 0. The van der Waals surface area contributed by atoms with Gasteiger partial charge in [-0.1, -0.05) is 0 Å². The Bertz CT molecular complexity index is 777. The lowest BCUT2D eigenvalue weighted by atomic mass is 9.32. The summed E-state index contributed by atoms with van der Waals surface area (Å²) in [6.45, 7) is 0. The highest BCUT2D eigenvalue weighted by Gasteiger charge is 3.26. The van der Waals surface area contributed by atoms with Gasteiger partial charge >= 0.3 is 53.2 Å². The number of hydrogen-bond donors (Lipinski definition) is 2. The Balaban J connectivity index is 2.89. The molecule has 0 aromatic carbocycles. The van der Waals surface area contributed by atoms with E-state index in [1.165, 1.54) is 0 Å². The zero-order valence-electron chi connectivity index (χ0n) is 13.7. The number of rotatable bonds is 2. The molecule has 0 saturated heterocycles. The first kappa shape index (κ1) is 25.3. The van der Waals surface area contributed by atoms with Gasteiger partial charge in [0.15, 0.2) is 0 Å². The average molecular weight is 520 g/mol. The smallest absolute Gasteiger partial charge is 0.335 e. The summed E-state index contributed by atoms with van der Waals surface area (Å²) in [5.74, 6) is -51.3. The monoisotopic (exact) mass is 520 g/mol. The molecule has 0 unspecified atom stereocenters. The van der Waals surface area contributed by atoms with E-state index < -0.39 is 69.9 Å². The van der Waals surface area contributed by atoms with Crippen LogP contribution in [0.3, 0.4) is 0 Å². The van der Waals surface area contributed by atoms with Crippen LogP contribution in [0.2, 0.25) is 0 Å². The van der Waals surface area contributed by atoms with Gasteiger partial charge in [0.05, 0.1) is 0 Å². The van der Waals surface area contributed by atoms with Gasteiger partial charge in [-0.25, -0.2) is 52.7 Å². The number of halogens is 18. The quantitative estimate of drug-likeness (QED) is 0.531. The predicted molar refractivity (Wildman–Crippen MR) is 56.6 cm³/mol. The first-order valence-electron chi connectivity index (χ1n) is 7.35. The molecule has 0 heterocycles. The Labute approximate surface area is 160 Å². The Morgan fingerprint density at radius 3 is 0.688 bits per heavy atom. The first-order chi connectivity index (χ1) is 13.5. The van der Waals surface area contributed by atoms with Crippen LogP contribution in [-0.4, -0.2) is 69.3 Å². The fourth-order valence-corrected chi connectivity index (χ4v) is 5.05. The van der Waals surface area contributed by atoms with E-state index in [2.05, 4.69) is 0 Å². The Morgan fingerprint density at radius 2 is 0.531 bits per heavy atom. The highest BCUT2D eigenvalue weighted by molar-refractivity contribution is 5.53. The van der Waals surface area contributed by atoms with Crippen molar-refractivity contribution in [2.45, 2.75) is 59.1 Å². The van der Waals surface area contributed by atoms with Crippen molar-refractivity contribution >= 4 is 0 Å². The second-order valence-corrected chi connectivity index (χ2v) is 7.35. The van der Waals surface area contributed by atoms with E-state index in [4.69, 9.17) is 10.2 Å². The lowest BCUT2D eigenvalue weighted by Gasteiger charge is -2.77. The second kappa shape index (κ2) is 4.88. The van der Waals surface area contributed by atoms with Crippen LogP contribution >= 0.6 is 0 Å². The molecule has 0 amide bonds. The fourth-order valence-electron chi connectivity index (χ4n) is 5.05. The fraction of sp³-hybridized carbons (Fsp3) is 1.00. The van der Waals surface area contributed by atoms with Gasteiger partial charge in [0.1, 0.15) is 0 Å². The maximum atomic E-state index is 14.7. The van der Waals surface area contributed by atoms with E-state index in [0.29, 0.717) is 0 Å². The number of alkyl halides is 18. The van der Waals surface area contributed by atoms with Gasteiger partial charge in [-0.15, -0.1) is 0 Å². The van der Waals surface area contributed by atoms with E-state index in [1.54, 1.807) is 0 Å². The SMILES string of the molecule is OC(F)(F)C12C(F)(F)C3(F)C(F)(F)C(F)(C1(F)F)C(F)(F)C(C(O)(F)F)(C3(F)F)C2(F)F. The maximum Gasteiger partial charge on any atom is 0.377 e. The van der Waals surface area contributed by atoms with E-state index in [9.17, 15) is 79.0 Å². The summed E-state index contributed by atoms with van der Waals surface area (Å²) in [4.78, 5) is 0. The topological polar surface area (TPSA) is 40.5 Å². The minimum atomic E-state index is -8.70. The molecule has 2 nitrogen and oxygen atoms in total. The van der Waals surface area contributed by atoms with Gasteiger partial charge < -0.3 is 10.2 Å². The standard InChI is InChI=1S/C12H2F18O2/c13-3-6(17,18)1(11(27,28)31)5(15,16)2(8(3,21)22,12(29,30)32)9(23,24)4(14,7(1,19)20)10(3,25)26/h31-32H. The van der Waals surface area contributed by atoms with Crippen LogP contribution in [0.1, 0.15) is 0 Å². The Kier molecular flexibility index (Phi) is 3.86. The molecule has 4 fully saturated rings. The van der Waals surface area contributed by atoms with E-state index in [-0.39, 0.29) is 0 Å². The first-order valence-corrected chi connectivity index (χ1v) is 7.35. The molecule has 0 spiro atoms. The van der Waals surface area contributed by atoms with Crippen LogP contribution in [-0.2, 0) is 0 Å². The van der Waals surface area contributed by atoms with Crippen LogP contribution in [0, 0.1) is 10.8 Å². The lowest BCUT2D eigenvalue weighted by Crippen LogP contribution is -3.09. The van der Waals surface area contributed by atoms with Crippen molar-refractivity contribution in [2.75, 3.05) is 0 Å². The molecule has 4 saturated carbocycles. The molecule has 188 valence electrons. The molecule has 32 heavy (non-hydrogen) atoms. The summed E-state index contributed by atoms with van der Waals surface area (Å²) < 4.78 is 255. The molecule has 0 radical (unpaired) electrons. The molecule has 0 aromatic heterocycles. The van der Waals surface area contributed by atoms with Crippen molar-refractivity contribution in [1.29, 1.82) is 0 Å². The highest BCUT2D eigenvalue weighted by Crippen LogP contribution is 2.95. The summed E-state index contributed by atoms with van der Waals surface area (Å²) in [5.41, 5.74) is -33.8. The summed E-state index contributed by atoms with van der Waals surface area (Å²) in [6.07, 6.45) is -16.0. The Morgan fingerprint density at radius 1 is 0.344 bits per heavy atom. The molecule has 0 aliphatic heterocycles. The van der Waals surface area contributed by atoms with Crippen molar-refractivity contribution in [2.24, 2.45) is 10.8 Å². The molecule has 4 rings (SSSR count). The van der Waals surface area contributed by atoms with Crippen molar-refractivity contribution in [3.05, 3.63) is 0 Å². The maximum absolute atomic E-state index is 14.7. The average Bonchev–Trinajstić information content (AvgIpc) is 2.44. The molecule has 0 atom stereocenters. The lowest BCUT2D eigenvalue weighted by molar-refractivity contribution is -0.665. The van der Waals surface area contributed by atoms with Crippen molar-refractivity contribution in [3.8, 4) is 0 Å². The van der Waals surface area contributed by atoms with Gasteiger partial charge in [0, 0.05) is 0 Å². The molecule has 4 aliphatic carbocycles. The molecule has 4 bridgehead atoms. The third-order valence-electron chi connectivity index (χ3n) is 6.32. The van der Waals surface area contributed by atoms with Crippen molar-refractivity contribution < 1.29 is 89.2 Å². The summed E-state index contributed by atoms with van der Waals surface area (Å²) >= 11 is 0. The highest BCUT2D eigenvalue weighted by atomic mass is 19.3. The van der Waals surface area contributed by atoms with E-state index >= 15 is 0 Å². The van der Waals surface area contributed by atoms with E-state index in [0.717, 1.165) is 0 Å². The van der Waals surface area contributed by atoms with Crippen molar-refractivity contribution in [3.63, 3.8) is 0 Å². The minimum absolute atomic E-state index is 8.02. The normalized spacial score (nSPS) is 46.9. The molecule has 0 aromatic rings. The van der Waals surface area contributed by atoms with Crippen molar-refractivity contribution in [1.82, 2.24) is 0 Å². The molecular weight excluding hydrogens is 518 g/mol. The third-order valence-corrected chi connectivity index (χ3v) is 6.32. The van der Waals surface area contributed by atoms with Gasteiger partial charge in [-0.3, -0.25) is 0 Å². The minimum Gasteiger partial charge on any atom is -0.335 e. The van der Waals surface area contributed by atoms with E-state index in [1.807, 2.05) is 0 Å².